The minimum Gasteiger partial charge on any atom is -0.367 e. The lowest BCUT2D eigenvalue weighted by Gasteiger charge is -2.29. The lowest BCUT2D eigenvalue weighted by molar-refractivity contribution is -0.132. The van der Waals surface area contributed by atoms with Gasteiger partial charge in [-0.25, -0.2) is 0 Å². The van der Waals surface area contributed by atoms with Crippen molar-refractivity contribution in [3.05, 3.63) is 66.2 Å². The van der Waals surface area contributed by atoms with Crippen LogP contribution in [0.15, 0.2) is 60.7 Å². The molecular formula is C22H25N5O2. The SMILES string of the molecule is CO[C@H](C(=O)NC1CCC(n2nnc(-c3ccccc3)n2)CC1)c1ccccc1. The Morgan fingerprint density at radius 3 is 2.34 bits per heavy atom. The molecule has 0 aliphatic heterocycles. The van der Waals surface area contributed by atoms with E-state index in [0.717, 1.165) is 36.8 Å². The summed E-state index contributed by atoms with van der Waals surface area (Å²) in [6.45, 7) is 0. The number of amides is 1. The average Bonchev–Trinajstić information content (AvgIpc) is 3.26. The molecule has 0 saturated heterocycles. The maximum Gasteiger partial charge on any atom is 0.253 e. The van der Waals surface area contributed by atoms with Crippen LogP contribution >= 0.6 is 0 Å². The number of benzene rings is 2. The summed E-state index contributed by atoms with van der Waals surface area (Å²) in [5.74, 6) is 0.555. The molecule has 0 bridgehead atoms. The van der Waals surface area contributed by atoms with Crippen LogP contribution in [0.3, 0.4) is 0 Å². The van der Waals surface area contributed by atoms with Gasteiger partial charge in [0.2, 0.25) is 5.82 Å². The molecule has 7 heteroatoms. The minimum absolute atomic E-state index is 0.0904. The number of nitrogens with one attached hydrogen (secondary N) is 1. The number of hydrogen-bond acceptors (Lipinski definition) is 5. The predicted molar refractivity (Wildman–Crippen MR) is 109 cm³/mol. The van der Waals surface area contributed by atoms with Gasteiger partial charge in [0.25, 0.3) is 5.91 Å². The van der Waals surface area contributed by atoms with E-state index < -0.39 is 6.10 Å². The van der Waals surface area contributed by atoms with Crippen LogP contribution in [0, 0.1) is 0 Å². The van der Waals surface area contributed by atoms with Gasteiger partial charge in [0, 0.05) is 18.7 Å². The summed E-state index contributed by atoms with van der Waals surface area (Å²) in [6.07, 6.45) is 2.98. The Balaban J connectivity index is 1.33. The Morgan fingerprint density at radius 1 is 1.03 bits per heavy atom. The van der Waals surface area contributed by atoms with Gasteiger partial charge in [-0.15, -0.1) is 10.2 Å². The Labute approximate surface area is 170 Å². The molecule has 150 valence electrons. The lowest BCUT2D eigenvalue weighted by Crippen LogP contribution is -2.41. The van der Waals surface area contributed by atoms with Gasteiger partial charge in [-0.1, -0.05) is 60.7 Å². The van der Waals surface area contributed by atoms with Crippen molar-refractivity contribution >= 4 is 5.91 Å². The number of hydrogen-bond donors (Lipinski definition) is 1. The van der Waals surface area contributed by atoms with Crippen molar-refractivity contribution in [2.45, 2.75) is 43.9 Å². The molecule has 2 aromatic carbocycles. The Hall–Kier alpha value is -3.06. The van der Waals surface area contributed by atoms with Gasteiger partial charge in [0.05, 0.1) is 6.04 Å². The molecule has 1 amide bonds. The van der Waals surface area contributed by atoms with Crippen molar-refractivity contribution in [2.24, 2.45) is 0 Å². The third-order valence-electron chi connectivity index (χ3n) is 5.41. The smallest absolute Gasteiger partial charge is 0.253 e. The van der Waals surface area contributed by atoms with Crippen LogP contribution in [-0.4, -0.2) is 39.3 Å². The fourth-order valence-electron chi connectivity index (χ4n) is 3.83. The molecule has 3 aromatic rings. The molecule has 1 fully saturated rings. The van der Waals surface area contributed by atoms with Crippen molar-refractivity contribution in [1.82, 2.24) is 25.5 Å². The summed E-state index contributed by atoms with van der Waals surface area (Å²) in [5, 5.41) is 16.1. The highest BCUT2D eigenvalue weighted by molar-refractivity contribution is 5.82. The van der Waals surface area contributed by atoms with Gasteiger partial charge in [0.15, 0.2) is 6.10 Å². The summed E-state index contributed by atoms with van der Waals surface area (Å²) in [5.41, 5.74) is 1.83. The van der Waals surface area contributed by atoms with E-state index in [1.54, 1.807) is 11.9 Å². The van der Waals surface area contributed by atoms with Crippen molar-refractivity contribution < 1.29 is 9.53 Å². The molecule has 0 unspecified atom stereocenters. The summed E-state index contributed by atoms with van der Waals surface area (Å²) in [6, 6.07) is 19.8. The minimum atomic E-state index is -0.584. The van der Waals surface area contributed by atoms with Gasteiger partial charge in [-0.2, -0.15) is 4.80 Å². The second-order valence-corrected chi connectivity index (χ2v) is 7.34. The Morgan fingerprint density at radius 2 is 1.69 bits per heavy atom. The topological polar surface area (TPSA) is 81.9 Å². The second kappa shape index (κ2) is 8.96. The fraction of sp³-hybridized carbons (Fsp3) is 0.364. The normalized spacial score (nSPS) is 20.2. The van der Waals surface area contributed by atoms with Crippen molar-refractivity contribution in [3.63, 3.8) is 0 Å². The van der Waals surface area contributed by atoms with E-state index in [1.165, 1.54) is 0 Å². The zero-order valence-electron chi connectivity index (χ0n) is 16.4. The van der Waals surface area contributed by atoms with E-state index in [-0.39, 0.29) is 18.0 Å². The molecule has 1 N–H and O–H groups in total. The molecule has 1 heterocycles. The van der Waals surface area contributed by atoms with Crippen molar-refractivity contribution in [3.8, 4) is 11.4 Å². The summed E-state index contributed by atoms with van der Waals surface area (Å²) in [4.78, 5) is 14.4. The van der Waals surface area contributed by atoms with Crippen LogP contribution in [0.25, 0.3) is 11.4 Å². The number of aromatic nitrogens is 4. The van der Waals surface area contributed by atoms with E-state index in [2.05, 4.69) is 20.7 Å². The first-order valence-electron chi connectivity index (χ1n) is 9.97. The van der Waals surface area contributed by atoms with Gasteiger partial charge in [0.1, 0.15) is 0 Å². The zero-order chi connectivity index (χ0) is 20.1. The van der Waals surface area contributed by atoms with E-state index >= 15 is 0 Å². The number of methoxy groups -OCH3 is 1. The van der Waals surface area contributed by atoms with Gasteiger partial charge in [-0.3, -0.25) is 4.79 Å². The van der Waals surface area contributed by atoms with E-state index in [1.807, 2.05) is 60.7 Å². The Kier molecular flexibility index (Phi) is 5.95. The Bertz CT molecular complexity index is 921. The first kappa shape index (κ1) is 19.3. The average molecular weight is 391 g/mol. The van der Waals surface area contributed by atoms with Crippen LogP contribution in [-0.2, 0) is 9.53 Å². The molecule has 0 radical (unpaired) electrons. The lowest BCUT2D eigenvalue weighted by atomic mass is 9.91. The number of carbonyl (C=O) groups excluding carboxylic acids is 1. The third kappa shape index (κ3) is 4.51. The molecule has 1 aliphatic rings. The first-order chi connectivity index (χ1) is 14.2. The highest BCUT2D eigenvalue weighted by Crippen LogP contribution is 2.28. The van der Waals surface area contributed by atoms with E-state index in [0.29, 0.717) is 5.82 Å². The van der Waals surface area contributed by atoms with Crippen LogP contribution in [0.4, 0.5) is 0 Å². The molecule has 1 atom stereocenters. The quantitative estimate of drug-likeness (QED) is 0.697. The van der Waals surface area contributed by atoms with Crippen molar-refractivity contribution in [2.75, 3.05) is 7.11 Å². The number of carbonyl (C=O) groups is 1. The highest BCUT2D eigenvalue weighted by atomic mass is 16.5. The predicted octanol–water partition coefficient (Wildman–Crippen LogP) is 3.33. The monoisotopic (exact) mass is 391 g/mol. The molecule has 0 spiro atoms. The van der Waals surface area contributed by atoms with Crippen LogP contribution < -0.4 is 5.32 Å². The van der Waals surface area contributed by atoms with Gasteiger partial charge >= 0.3 is 0 Å². The largest absolute Gasteiger partial charge is 0.367 e. The molecule has 4 rings (SSSR count). The zero-order valence-corrected chi connectivity index (χ0v) is 16.4. The maximum atomic E-state index is 12.7. The van der Waals surface area contributed by atoms with Crippen LogP contribution in [0.1, 0.15) is 43.4 Å². The molecular weight excluding hydrogens is 366 g/mol. The van der Waals surface area contributed by atoms with E-state index in [4.69, 9.17) is 4.74 Å². The molecule has 1 saturated carbocycles. The maximum absolute atomic E-state index is 12.7. The van der Waals surface area contributed by atoms with Gasteiger partial charge in [-0.05, 0) is 36.5 Å². The fourth-order valence-corrected chi connectivity index (χ4v) is 3.83. The van der Waals surface area contributed by atoms with Gasteiger partial charge < -0.3 is 10.1 Å². The van der Waals surface area contributed by atoms with E-state index in [9.17, 15) is 4.79 Å². The molecule has 1 aromatic heterocycles. The second-order valence-electron chi connectivity index (χ2n) is 7.34. The first-order valence-corrected chi connectivity index (χ1v) is 9.97. The third-order valence-corrected chi connectivity index (χ3v) is 5.41. The summed E-state index contributed by atoms with van der Waals surface area (Å²) < 4.78 is 5.43. The summed E-state index contributed by atoms with van der Waals surface area (Å²) >= 11 is 0. The van der Waals surface area contributed by atoms with Crippen molar-refractivity contribution in [1.29, 1.82) is 0 Å². The highest BCUT2D eigenvalue weighted by Gasteiger charge is 2.28. The molecule has 1 aliphatic carbocycles. The standard InChI is InChI=1S/C22H25N5O2/c1-29-20(16-8-4-2-5-9-16)22(28)23-18-12-14-19(15-13-18)27-25-21(24-26-27)17-10-6-3-7-11-17/h2-11,18-20H,12-15H2,1H3,(H,23,28)/t18?,19?,20-/m0/s1. The molecule has 29 heavy (non-hydrogen) atoms. The number of nitrogens with zero attached hydrogens (tertiary/aromatic N) is 4. The number of rotatable bonds is 6. The molecule has 7 nitrogen and oxygen atoms in total. The number of ether oxygens (including phenoxy) is 1. The van der Waals surface area contributed by atoms with Crippen LogP contribution in [0.5, 0.6) is 0 Å². The summed E-state index contributed by atoms with van der Waals surface area (Å²) in [7, 11) is 1.56. The number of tetrazole rings is 1. The van der Waals surface area contributed by atoms with Crippen LogP contribution in [0.2, 0.25) is 0 Å².